The van der Waals surface area contributed by atoms with E-state index < -0.39 is 11.3 Å². The number of halogens is 2. The second-order valence-corrected chi connectivity index (χ2v) is 32.0. The predicted molar refractivity (Wildman–Crippen MR) is 187 cm³/mol. The van der Waals surface area contributed by atoms with Gasteiger partial charge in [-0.1, -0.05) is 0 Å². The zero-order valence-electron chi connectivity index (χ0n) is 26.6. The summed E-state index contributed by atoms with van der Waals surface area (Å²) in [7, 11) is 0. The molecule has 0 aromatic heterocycles. The molecular weight excluding hydrogens is 562 g/mol. The van der Waals surface area contributed by atoms with Crippen LogP contribution < -0.4 is 0 Å². The normalized spacial score (nSPS) is 14.4. The summed E-state index contributed by atoms with van der Waals surface area (Å²) < 4.78 is 0. The van der Waals surface area contributed by atoms with E-state index in [1.54, 1.807) is 0 Å². The van der Waals surface area contributed by atoms with Crippen molar-refractivity contribution in [2.24, 2.45) is 0 Å². The summed E-state index contributed by atoms with van der Waals surface area (Å²) in [5.41, 5.74) is 0. The van der Waals surface area contributed by atoms with E-state index in [1.165, 1.54) is 152 Å². The predicted octanol–water partition coefficient (Wildman–Crippen LogP) is 13.9. The standard InChI is InChI=1S/C16H36BrP.C16H36ClP/c2*1-5-9-13-18(17,14-10-6-2,15-11-7-3)16-12-8-4/h2*5-16H2,1-4H3. The maximum atomic E-state index is 7.44. The van der Waals surface area contributed by atoms with Crippen LogP contribution in [0.25, 0.3) is 0 Å². The molecule has 0 bridgehead atoms. The average Bonchev–Trinajstić information content (AvgIpc) is 2.90. The van der Waals surface area contributed by atoms with Crippen molar-refractivity contribution in [3.63, 3.8) is 0 Å². The van der Waals surface area contributed by atoms with Gasteiger partial charge in [0.25, 0.3) is 0 Å². The molecule has 4 heteroatoms. The third-order valence-electron chi connectivity index (χ3n) is 8.56. The fourth-order valence-electron chi connectivity index (χ4n) is 5.77. The summed E-state index contributed by atoms with van der Waals surface area (Å²) in [6.07, 6.45) is 33.1. The van der Waals surface area contributed by atoms with Gasteiger partial charge in [-0.2, -0.15) is 0 Å². The molecule has 0 aromatic rings. The summed E-state index contributed by atoms with van der Waals surface area (Å²) in [6.45, 7) is 18.6. The van der Waals surface area contributed by atoms with Crippen molar-refractivity contribution in [3.8, 4) is 0 Å². The minimum absolute atomic E-state index is 1.30. The van der Waals surface area contributed by atoms with Gasteiger partial charge in [0.2, 0.25) is 0 Å². The van der Waals surface area contributed by atoms with E-state index in [0.29, 0.717) is 0 Å². The van der Waals surface area contributed by atoms with E-state index in [9.17, 15) is 0 Å². The summed E-state index contributed by atoms with van der Waals surface area (Å²) in [5.74, 6) is -1.89. The topological polar surface area (TPSA) is 0 Å². The maximum absolute atomic E-state index is 7.44. The second kappa shape index (κ2) is 22.3. The van der Waals surface area contributed by atoms with E-state index >= 15 is 0 Å². The zero-order valence-corrected chi connectivity index (χ0v) is 30.8. The molecule has 0 saturated heterocycles. The van der Waals surface area contributed by atoms with Gasteiger partial charge in [0.1, 0.15) is 0 Å². The van der Waals surface area contributed by atoms with Gasteiger partial charge in [0.15, 0.2) is 0 Å². The fraction of sp³-hybridized carbons (Fsp3) is 1.00. The average molecular weight is 634 g/mol. The molecule has 224 valence electrons. The molecule has 0 atom stereocenters. The Morgan fingerprint density at radius 3 is 0.694 bits per heavy atom. The minimum atomic E-state index is -1.89. The van der Waals surface area contributed by atoms with Crippen LogP contribution in [-0.2, 0) is 0 Å². The molecule has 0 aliphatic rings. The number of unbranched alkanes of at least 4 members (excludes halogenated alkanes) is 8. The quantitative estimate of drug-likeness (QED) is 0.0928. The van der Waals surface area contributed by atoms with E-state index in [4.69, 9.17) is 11.2 Å². The molecule has 0 aromatic carbocycles. The molecule has 0 aliphatic carbocycles. The summed E-state index contributed by atoms with van der Waals surface area (Å²) in [4.78, 5) is 0. The Morgan fingerprint density at radius 1 is 0.361 bits per heavy atom. The molecule has 0 rings (SSSR count). The van der Waals surface area contributed by atoms with Gasteiger partial charge in [-0.05, 0) is 0 Å². The van der Waals surface area contributed by atoms with Gasteiger partial charge in [-0.3, -0.25) is 0 Å². The molecule has 0 radical (unpaired) electrons. The van der Waals surface area contributed by atoms with E-state index in [2.05, 4.69) is 70.9 Å². The first-order valence-corrected chi connectivity index (χ1v) is 25.4. The number of rotatable bonds is 24. The van der Waals surface area contributed by atoms with Crippen molar-refractivity contribution in [3.05, 3.63) is 0 Å². The fourth-order valence-corrected chi connectivity index (χ4v) is 21.7. The van der Waals surface area contributed by atoms with Crippen LogP contribution in [0, 0.1) is 0 Å². The Balaban J connectivity index is 0. The van der Waals surface area contributed by atoms with Gasteiger partial charge in [0.05, 0.1) is 0 Å². The van der Waals surface area contributed by atoms with Gasteiger partial charge >= 0.3 is 245 Å². The molecule has 0 N–H and O–H groups in total. The molecule has 0 unspecified atom stereocenters. The van der Waals surface area contributed by atoms with Crippen molar-refractivity contribution in [1.82, 2.24) is 0 Å². The van der Waals surface area contributed by atoms with Crippen LogP contribution in [0.5, 0.6) is 0 Å². The van der Waals surface area contributed by atoms with Crippen molar-refractivity contribution < 1.29 is 0 Å². The monoisotopic (exact) mass is 632 g/mol. The van der Waals surface area contributed by atoms with Crippen molar-refractivity contribution >= 4 is 38.0 Å². The van der Waals surface area contributed by atoms with Gasteiger partial charge < -0.3 is 0 Å². The van der Waals surface area contributed by atoms with Crippen molar-refractivity contribution in [2.45, 2.75) is 158 Å². The molecule has 0 aliphatic heterocycles. The molecule has 0 amide bonds. The van der Waals surface area contributed by atoms with E-state index in [-0.39, 0.29) is 0 Å². The van der Waals surface area contributed by atoms with Crippen LogP contribution in [0.15, 0.2) is 0 Å². The van der Waals surface area contributed by atoms with Gasteiger partial charge in [-0.25, -0.2) is 0 Å². The van der Waals surface area contributed by atoms with E-state index in [0.717, 1.165) is 0 Å². The molecule has 0 saturated carbocycles. The molecule has 36 heavy (non-hydrogen) atoms. The second-order valence-electron chi connectivity index (χ2n) is 12.3. The van der Waals surface area contributed by atoms with Crippen molar-refractivity contribution in [1.29, 1.82) is 0 Å². The van der Waals surface area contributed by atoms with Crippen LogP contribution in [-0.4, -0.2) is 49.3 Å². The summed E-state index contributed by atoms with van der Waals surface area (Å²) in [6, 6.07) is 0. The van der Waals surface area contributed by atoms with Gasteiger partial charge in [-0.15, -0.1) is 0 Å². The first-order chi connectivity index (χ1) is 17.1. The van der Waals surface area contributed by atoms with Crippen molar-refractivity contribution in [2.75, 3.05) is 49.3 Å². The molecule has 0 heterocycles. The Labute approximate surface area is 244 Å². The van der Waals surface area contributed by atoms with E-state index in [1.807, 2.05) is 0 Å². The molecule has 0 spiro atoms. The first kappa shape index (κ1) is 39.8. The molecule has 0 nitrogen and oxygen atoms in total. The SMILES string of the molecule is CCCCP(Br)(CCCC)(CCCC)CCCC.CCCCP(Cl)(CCCC)(CCCC)CCCC. The van der Waals surface area contributed by atoms with Crippen LogP contribution in [0.1, 0.15) is 158 Å². The van der Waals surface area contributed by atoms with Gasteiger partial charge in [0, 0.05) is 0 Å². The Kier molecular flexibility index (Phi) is 24.7. The third kappa shape index (κ3) is 17.3. The molecule has 0 fully saturated rings. The Morgan fingerprint density at radius 2 is 0.528 bits per heavy atom. The number of hydrogen-bond donors (Lipinski definition) is 0. The first-order valence-electron chi connectivity index (χ1n) is 16.5. The van der Waals surface area contributed by atoms with Crippen LogP contribution in [0.3, 0.4) is 0 Å². The Bertz CT molecular complexity index is 366. The number of hydrogen-bond acceptors (Lipinski definition) is 0. The summed E-state index contributed by atoms with van der Waals surface area (Å²) >= 11 is 11.9. The third-order valence-corrected chi connectivity index (χ3v) is 26.3. The summed E-state index contributed by atoms with van der Waals surface area (Å²) in [5, 5.41) is -1.55. The molecular formula is C32H72BrClP2. The van der Waals surface area contributed by atoms with Crippen LogP contribution in [0.2, 0.25) is 0 Å². The van der Waals surface area contributed by atoms with Crippen LogP contribution >= 0.6 is 38.0 Å². The van der Waals surface area contributed by atoms with Crippen LogP contribution in [0.4, 0.5) is 0 Å². The zero-order chi connectivity index (χ0) is 27.9. The Hall–Kier alpha value is 1.63.